The van der Waals surface area contributed by atoms with E-state index in [1.54, 1.807) is 24.5 Å². The van der Waals surface area contributed by atoms with Crippen LogP contribution in [0, 0.1) is 23.7 Å². The van der Waals surface area contributed by atoms with Crippen LogP contribution in [0.15, 0.2) is 36.7 Å². The van der Waals surface area contributed by atoms with Crippen molar-refractivity contribution in [3.05, 3.63) is 36.7 Å². The largest absolute Gasteiger partial charge is 0.481 e. The van der Waals surface area contributed by atoms with Crippen molar-refractivity contribution in [1.82, 2.24) is 4.98 Å². The molecule has 1 amide bonds. The molecule has 0 saturated heterocycles. The number of pyridine rings is 1. The van der Waals surface area contributed by atoms with E-state index in [0.717, 1.165) is 6.42 Å². The van der Waals surface area contributed by atoms with E-state index in [-0.39, 0.29) is 17.7 Å². The molecule has 1 saturated carbocycles. The maximum Gasteiger partial charge on any atom is 0.307 e. The van der Waals surface area contributed by atoms with Crippen molar-refractivity contribution in [3.8, 4) is 0 Å². The third-order valence-electron chi connectivity index (χ3n) is 4.00. The molecule has 1 aromatic heterocycles. The highest BCUT2D eigenvalue weighted by Crippen LogP contribution is 2.48. The van der Waals surface area contributed by atoms with Crippen LogP contribution >= 0.6 is 0 Å². The standard InChI is InChI=1S/C14H14N2O3/c17-13(16-10-3-5-15-6-4-10)11-8-1-2-9(7-8)12(11)14(18)19/h1-6,8-9,11-12H,7H2,(H,18,19)(H,15,16,17). The van der Waals surface area contributed by atoms with Gasteiger partial charge in [-0.25, -0.2) is 0 Å². The predicted molar refractivity (Wildman–Crippen MR) is 68.2 cm³/mol. The molecule has 0 aliphatic heterocycles. The van der Waals surface area contributed by atoms with Gasteiger partial charge in [-0.2, -0.15) is 0 Å². The molecule has 4 unspecified atom stereocenters. The number of amides is 1. The average Bonchev–Trinajstić information content (AvgIpc) is 2.99. The smallest absolute Gasteiger partial charge is 0.307 e. The van der Waals surface area contributed by atoms with Gasteiger partial charge >= 0.3 is 5.97 Å². The fourth-order valence-corrected chi connectivity index (χ4v) is 3.18. The van der Waals surface area contributed by atoms with Gasteiger partial charge in [-0.3, -0.25) is 14.6 Å². The number of carboxylic acids is 1. The zero-order chi connectivity index (χ0) is 13.4. The van der Waals surface area contributed by atoms with Gasteiger partial charge in [0.2, 0.25) is 5.91 Å². The van der Waals surface area contributed by atoms with E-state index in [1.165, 1.54) is 0 Å². The van der Waals surface area contributed by atoms with Gasteiger partial charge in [-0.05, 0) is 30.4 Å². The van der Waals surface area contributed by atoms with Crippen molar-refractivity contribution in [2.24, 2.45) is 23.7 Å². The molecule has 19 heavy (non-hydrogen) atoms. The monoisotopic (exact) mass is 258 g/mol. The van der Waals surface area contributed by atoms with Crippen molar-refractivity contribution < 1.29 is 14.7 Å². The van der Waals surface area contributed by atoms with Crippen LogP contribution in [0.1, 0.15) is 6.42 Å². The van der Waals surface area contributed by atoms with Crippen molar-refractivity contribution in [1.29, 1.82) is 0 Å². The predicted octanol–water partition coefficient (Wildman–Crippen LogP) is 1.54. The third-order valence-corrected chi connectivity index (χ3v) is 4.00. The molecule has 0 radical (unpaired) electrons. The topological polar surface area (TPSA) is 79.3 Å². The number of allylic oxidation sites excluding steroid dienone is 2. The fourth-order valence-electron chi connectivity index (χ4n) is 3.18. The Morgan fingerprint density at radius 3 is 2.42 bits per heavy atom. The highest BCUT2D eigenvalue weighted by atomic mass is 16.4. The Bertz CT molecular complexity index is 541. The number of aromatic nitrogens is 1. The van der Waals surface area contributed by atoms with Crippen LogP contribution in [0.5, 0.6) is 0 Å². The molecule has 2 bridgehead atoms. The molecule has 5 nitrogen and oxygen atoms in total. The molecule has 2 aliphatic carbocycles. The lowest BCUT2D eigenvalue weighted by molar-refractivity contribution is -0.146. The van der Waals surface area contributed by atoms with Crippen molar-refractivity contribution >= 4 is 17.6 Å². The summed E-state index contributed by atoms with van der Waals surface area (Å²) in [5, 5.41) is 12.1. The quantitative estimate of drug-likeness (QED) is 0.806. The lowest BCUT2D eigenvalue weighted by Gasteiger charge is -2.23. The first kappa shape index (κ1) is 11.9. The summed E-state index contributed by atoms with van der Waals surface area (Å²) in [5.74, 6) is -2.12. The fraction of sp³-hybridized carbons (Fsp3) is 0.357. The first-order valence-electron chi connectivity index (χ1n) is 6.29. The molecule has 3 rings (SSSR count). The van der Waals surface area contributed by atoms with Gasteiger partial charge in [0.15, 0.2) is 0 Å². The number of carboxylic acid groups (broad SMARTS) is 1. The number of carbonyl (C=O) groups excluding carboxylic acids is 1. The van der Waals surface area contributed by atoms with Crippen molar-refractivity contribution in [2.75, 3.05) is 5.32 Å². The molecule has 0 spiro atoms. The van der Waals surface area contributed by atoms with Gasteiger partial charge in [0.25, 0.3) is 0 Å². The summed E-state index contributed by atoms with van der Waals surface area (Å²) in [6.07, 6.45) is 7.85. The van der Waals surface area contributed by atoms with Gasteiger partial charge in [-0.15, -0.1) is 0 Å². The SMILES string of the molecule is O=C(O)C1C2C=CC(C2)C1C(=O)Nc1ccncc1. The Balaban J connectivity index is 1.79. The maximum absolute atomic E-state index is 12.3. The number of hydrogen-bond acceptors (Lipinski definition) is 3. The summed E-state index contributed by atoms with van der Waals surface area (Å²) < 4.78 is 0. The second-order valence-corrected chi connectivity index (χ2v) is 5.06. The summed E-state index contributed by atoms with van der Waals surface area (Å²) in [7, 11) is 0. The molecule has 1 aromatic rings. The summed E-state index contributed by atoms with van der Waals surface area (Å²) in [6, 6.07) is 3.38. The second-order valence-electron chi connectivity index (χ2n) is 5.06. The number of nitrogens with zero attached hydrogens (tertiary/aromatic N) is 1. The summed E-state index contributed by atoms with van der Waals surface area (Å²) in [4.78, 5) is 27.5. The van der Waals surface area contributed by atoms with E-state index in [0.29, 0.717) is 5.69 Å². The number of fused-ring (bicyclic) bond motifs is 2. The molecule has 98 valence electrons. The Labute approximate surface area is 110 Å². The normalized spacial score (nSPS) is 31.4. The molecule has 1 fully saturated rings. The molecular weight excluding hydrogens is 244 g/mol. The van der Waals surface area contributed by atoms with Crippen LogP contribution in [0.25, 0.3) is 0 Å². The van der Waals surface area contributed by atoms with Crippen LogP contribution in [0.3, 0.4) is 0 Å². The van der Waals surface area contributed by atoms with E-state index in [4.69, 9.17) is 0 Å². The summed E-state index contributed by atoms with van der Waals surface area (Å²) >= 11 is 0. The minimum atomic E-state index is -0.883. The average molecular weight is 258 g/mol. The Morgan fingerprint density at radius 2 is 1.79 bits per heavy atom. The number of carbonyl (C=O) groups is 2. The number of rotatable bonds is 3. The van der Waals surface area contributed by atoms with Gasteiger partial charge in [0, 0.05) is 18.1 Å². The minimum absolute atomic E-state index is 0.00399. The molecule has 2 aliphatic rings. The first-order valence-corrected chi connectivity index (χ1v) is 6.29. The van der Waals surface area contributed by atoms with Crippen LogP contribution in [0.4, 0.5) is 5.69 Å². The molecule has 2 N–H and O–H groups in total. The van der Waals surface area contributed by atoms with E-state index in [2.05, 4.69) is 10.3 Å². The van der Waals surface area contributed by atoms with Crippen LogP contribution in [-0.4, -0.2) is 22.0 Å². The highest BCUT2D eigenvalue weighted by molar-refractivity contribution is 5.96. The first-order chi connectivity index (χ1) is 9.16. The molecule has 4 atom stereocenters. The third kappa shape index (κ3) is 2.01. The van der Waals surface area contributed by atoms with Crippen molar-refractivity contribution in [2.45, 2.75) is 6.42 Å². The Morgan fingerprint density at radius 1 is 1.16 bits per heavy atom. The zero-order valence-corrected chi connectivity index (χ0v) is 10.2. The van der Waals surface area contributed by atoms with Gasteiger partial charge in [0.1, 0.15) is 0 Å². The highest BCUT2D eigenvalue weighted by Gasteiger charge is 2.51. The van der Waals surface area contributed by atoms with Crippen LogP contribution in [0.2, 0.25) is 0 Å². The van der Waals surface area contributed by atoms with Gasteiger partial charge in [0.05, 0.1) is 11.8 Å². The summed E-state index contributed by atoms with van der Waals surface area (Å²) in [5.41, 5.74) is 0.649. The van der Waals surface area contributed by atoms with Crippen LogP contribution < -0.4 is 5.32 Å². The van der Waals surface area contributed by atoms with Crippen LogP contribution in [-0.2, 0) is 9.59 Å². The van der Waals surface area contributed by atoms with E-state index in [1.807, 2.05) is 12.2 Å². The minimum Gasteiger partial charge on any atom is -0.481 e. The molecule has 0 aromatic carbocycles. The van der Waals surface area contributed by atoms with Gasteiger partial charge in [-0.1, -0.05) is 12.2 Å². The second kappa shape index (κ2) is 4.50. The zero-order valence-electron chi connectivity index (χ0n) is 10.2. The number of anilines is 1. The van der Waals surface area contributed by atoms with E-state index >= 15 is 0 Å². The van der Waals surface area contributed by atoms with Gasteiger partial charge < -0.3 is 10.4 Å². The lowest BCUT2D eigenvalue weighted by Crippen LogP contribution is -2.36. The molecular formula is C14H14N2O3. The number of aliphatic carboxylic acids is 1. The number of nitrogens with one attached hydrogen (secondary N) is 1. The summed E-state index contributed by atoms with van der Waals surface area (Å²) in [6.45, 7) is 0. The molecule has 5 heteroatoms. The Kier molecular flexibility index (Phi) is 2.81. The van der Waals surface area contributed by atoms with E-state index in [9.17, 15) is 14.7 Å². The molecule has 1 heterocycles. The van der Waals surface area contributed by atoms with E-state index < -0.39 is 17.8 Å². The van der Waals surface area contributed by atoms with Crippen molar-refractivity contribution in [3.63, 3.8) is 0 Å². The Hall–Kier alpha value is -2.17. The number of hydrogen-bond donors (Lipinski definition) is 2. The lowest BCUT2D eigenvalue weighted by atomic mass is 9.82. The maximum atomic E-state index is 12.3.